The molecule has 0 bridgehead atoms. The molecule has 4 nitrogen and oxygen atoms in total. The maximum absolute atomic E-state index is 9.02. The average Bonchev–Trinajstić information content (AvgIpc) is 2.95. The van der Waals surface area contributed by atoms with Crippen molar-refractivity contribution in [1.82, 2.24) is 15.1 Å². The van der Waals surface area contributed by atoms with Crippen LogP contribution in [0.15, 0.2) is 12.3 Å². The molecule has 1 heterocycles. The normalized spacial score (nSPS) is 23.8. The van der Waals surface area contributed by atoms with E-state index in [1.165, 1.54) is 12.1 Å². The van der Waals surface area contributed by atoms with Crippen molar-refractivity contribution in [3.05, 3.63) is 18.0 Å². The zero-order valence-corrected chi connectivity index (χ0v) is 10.4. The van der Waals surface area contributed by atoms with E-state index >= 15 is 0 Å². The predicted octanol–water partition coefficient (Wildman–Crippen LogP) is 2.07. The fraction of sp³-hybridized carbons (Fsp3) is 0.692. The Morgan fingerprint density at radius 1 is 1.59 bits per heavy atom. The third-order valence-electron chi connectivity index (χ3n) is 3.47. The van der Waals surface area contributed by atoms with E-state index in [2.05, 4.69) is 29.5 Å². The molecule has 0 spiro atoms. The van der Waals surface area contributed by atoms with Crippen LogP contribution in [0.3, 0.4) is 0 Å². The van der Waals surface area contributed by atoms with Gasteiger partial charge in [-0.15, -0.1) is 0 Å². The zero-order valence-electron chi connectivity index (χ0n) is 10.4. The monoisotopic (exact) mass is 232 g/mol. The van der Waals surface area contributed by atoms with Gasteiger partial charge in [0.15, 0.2) is 0 Å². The highest BCUT2D eigenvalue weighted by molar-refractivity contribution is 5.02. The van der Waals surface area contributed by atoms with Gasteiger partial charge >= 0.3 is 0 Å². The molecule has 1 aromatic heterocycles. The van der Waals surface area contributed by atoms with Crippen LogP contribution in [-0.4, -0.2) is 15.8 Å². The van der Waals surface area contributed by atoms with E-state index in [1.807, 2.05) is 10.9 Å². The van der Waals surface area contributed by atoms with E-state index in [0.717, 1.165) is 32.4 Å². The van der Waals surface area contributed by atoms with Crippen molar-refractivity contribution in [2.45, 2.75) is 51.7 Å². The Labute approximate surface area is 103 Å². The predicted molar refractivity (Wildman–Crippen MR) is 66.1 cm³/mol. The second-order valence-corrected chi connectivity index (χ2v) is 4.70. The second kappa shape index (κ2) is 5.83. The number of hydrogen-bond donors (Lipinski definition) is 1. The van der Waals surface area contributed by atoms with Crippen LogP contribution in [0.4, 0.5) is 0 Å². The van der Waals surface area contributed by atoms with Crippen LogP contribution in [0, 0.1) is 17.2 Å². The van der Waals surface area contributed by atoms with Crippen molar-refractivity contribution < 1.29 is 0 Å². The van der Waals surface area contributed by atoms with Gasteiger partial charge in [0.05, 0.1) is 17.7 Å². The summed E-state index contributed by atoms with van der Waals surface area (Å²) in [6, 6.07) is 4.82. The maximum atomic E-state index is 9.02. The number of aryl methyl sites for hydroxylation is 1. The number of hydrogen-bond acceptors (Lipinski definition) is 3. The lowest BCUT2D eigenvalue weighted by Gasteiger charge is -2.16. The van der Waals surface area contributed by atoms with Gasteiger partial charge in [-0.05, 0) is 25.3 Å². The van der Waals surface area contributed by atoms with Crippen LogP contribution in [0.2, 0.25) is 0 Å². The fourth-order valence-electron chi connectivity index (χ4n) is 2.52. The van der Waals surface area contributed by atoms with Crippen LogP contribution in [0.1, 0.15) is 38.3 Å². The molecule has 92 valence electrons. The Hall–Kier alpha value is -1.34. The summed E-state index contributed by atoms with van der Waals surface area (Å²) in [5, 5.41) is 16.8. The van der Waals surface area contributed by atoms with Crippen LogP contribution in [0.25, 0.3) is 0 Å². The lowest BCUT2D eigenvalue weighted by molar-refractivity contribution is 0.447. The molecule has 1 aromatic rings. The largest absolute Gasteiger partial charge is 0.307 e. The average molecular weight is 232 g/mol. The topological polar surface area (TPSA) is 53.6 Å². The van der Waals surface area contributed by atoms with Gasteiger partial charge in [-0.3, -0.25) is 4.68 Å². The molecule has 1 aliphatic carbocycles. The first-order valence-electron chi connectivity index (χ1n) is 6.49. The van der Waals surface area contributed by atoms with Crippen molar-refractivity contribution >= 4 is 0 Å². The van der Waals surface area contributed by atoms with Crippen LogP contribution in [0.5, 0.6) is 0 Å². The SMILES string of the molecule is CCCn1nccc1CNC1CCCC1C#N. The summed E-state index contributed by atoms with van der Waals surface area (Å²) in [6.45, 7) is 3.95. The number of aromatic nitrogens is 2. The summed E-state index contributed by atoms with van der Waals surface area (Å²) < 4.78 is 2.04. The lowest BCUT2D eigenvalue weighted by atomic mass is 10.1. The van der Waals surface area contributed by atoms with Crippen molar-refractivity contribution in [2.75, 3.05) is 0 Å². The van der Waals surface area contributed by atoms with Crippen LogP contribution < -0.4 is 5.32 Å². The highest BCUT2D eigenvalue weighted by atomic mass is 15.3. The standard InChI is InChI=1S/C13H20N4/c1-2-8-17-12(6-7-16-17)10-15-13-5-3-4-11(13)9-14/h6-7,11,13,15H,2-5,8,10H2,1H3. The summed E-state index contributed by atoms with van der Waals surface area (Å²) in [5.74, 6) is 0.192. The number of nitrogens with one attached hydrogen (secondary N) is 1. The summed E-state index contributed by atoms with van der Waals surface area (Å²) >= 11 is 0. The van der Waals surface area contributed by atoms with Crippen LogP contribution in [-0.2, 0) is 13.1 Å². The molecular weight excluding hydrogens is 212 g/mol. The molecule has 2 atom stereocenters. The van der Waals surface area contributed by atoms with E-state index in [-0.39, 0.29) is 5.92 Å². The summed E-state index contributed by atoms with van der Waals surface area (Å²) in [4.78, 5) is 0. The Balaban J connectivity index is 1.89. The molecule has 0 aliphatic heterocycles. The zero-order chi connectivity index (χ0) is 12.1. The number of nitrogens with zero attached hydrogens (tertiary/aromatic N) is 3. The Morgan fingerprint density at radius 3 is 3.24 bits per heavy atom. The quantitative estimate of drug-likeness (QED) is 0.845. The minimum absolute atomic E-state index is 0.192. The van der Waals surface area contributed by atoms with Gasteiger partial charge in [0.25, 0.3) is 0 Å². The molecule has 1 N–H and O–H groups in total. The van der Waals surface area contributed by atoms with Crippen molar-refractivity contribution in [2.24, 2.45) is 5.92 Å². The van der Waals surface area contributed by atoms with E-state index in [4.69, 9.17) is 5.26 Å². The summed E-state index contributed by atoms with van der Waals surface area (Å²) in [6.07, 6.45) is 6.29. The Kier molecular flexibility index (Phi) is 4.16. The number of rotatable bonds is 5. The molecule has 1 fully saturated rings. The molecule has 4 heteroatoms. The van der Waals surface area contributed by atoms with Gasteiger partial charge in [0.1, 0.15) is 0 Å². The minimum atomic E-state index is 0.192. The molecule has 2 unspecified atom stereocenters. The van der Waals surface area contributed by atoms with Gasteiger partial charge in [-0.25, -0.2) is 0 Å². The first kappa shape index (κ1) is 12.1. The first-order chi connectivity index (χ1) is 8.35. The highest BCUT2D eigenvalue weighted by Crippen LogP contribution is 2.25. The summed E-state index contributed by atoms with van der Waals surface area (Å²) in [7, 11) is 0. The van der Waals surface area contributed by atoms with E-state index < -0.39 is 0 Å². The van der Waals surface area contributed by atoms with E-state index in [0.29, 0.717) is 6.04 Å². The molecule has 0 radical (unpaired) electrons. The van der Waals surface area contributed by atoms with E-state index in [9.17, 15) is 0 Å². The maximum Gasteiger partial charge on any atom is 0.0672 e. The molecule has 0 aromatic carbocycles. The number of nitriles is 1. The molecule has 17 heavy (non-hydrogen) atoms. The highest BCUT2D eigenvalue weighted by Gasteiger charge is 2.26. The first-order valence-corrected chi connectivity index (χ1v) is 6.49. The van der Waals surface area contributed by atoms with Gasteiger partial charge in [-0.1, -0.05) is 13.3 Å². The molecule has 2 rings (SSSR count). The molecule has 1 saturated carbocycles. The van der Waals surface area contributed by atoms with Gasteiger partial charge in [0.2, 0.25) is 0 Å². The Bertz CT molecular complexity index is 390. The van der Waals surface area contributed by atoms with Crippen LogP contribution >= 0.6 is 0 Å². The molecule has 0 amide bonds. The molecule has 0 saturated heterocycles. The minimum Gasteiger partial charge on any atom is -0.307 e. The van der Waals surface area contributed by atoms with Gasteiger partial charge < -0.3 is 5.32 Å². The third kappa shape index (κ3) is 2.86. The van der Waals surface area contributed by atoms with Gasteiger partial charge in [-0.2, -0.15) is 10.4 Å². The Morgan fingerprint density at radius 2 is 2.47 bits per heavy atom. The lowest BCUT2D eigenvalue weighted by Crippen LogP contribution is -2.32. The van der Waals surface area contributed by atoms with Crippen molar-refractivity contribution in [3.8, 4) is 6.07 Å². The van der Waals surface area contributed by atoms with Crippen molar-refractivity contribution in [3.63, 3.8) is 0 Å². The van der Waals surface area contributed by atoms with Crippen molar-refractivity contribution in [1.29, 1.82) is 5.26 Å². The second-order valence-electron chi connectivity index (χ2n) is 4.70. The fourth-order valence-corrected chi connectivity index (χ4v) is 2.52. The molecule has 1 aliphatic rings. The van der Waals surface area contributed by atoms with E-state index in [1.54, 1.807) is 0 Å². The smallest absolute Gasteiger partial charge is 0.0672 e. The molecular formula is C13H20N4. The summed E-state index contributed by atoms with van der Waals surface area (Å²) in [5.41, 5.74) is 1.22. The third-order valence-corrected chi connectivity index (χ3v) is 3.47. The van der Waals surface area contributed by atoms with Gasteiger partial charge in [0, 0.05) is 25.3 Å².